The fraction of sp³-hybridized carbons (Fsp3) is 0.842. The number of unbranched alkanes of at least 4 members (excludes halogenated alkanes) is 7. The molecule has 0 radical (unpaired) electrons. The Bertz CT molecular complexity index is 258. The summed E-state index contributed by atoms with van der Waals surface area (Å²) >= 11 is 0. The van der Waals surface area contributed by atoms with Crippen molar-refractivity contribution in [2.45, 2.75) is 97.3 Å². The van der Waals surface area contributed by atoms with Gasteiger partial charge in [-0.05, 0) is 32.1 Å². The molecule has 0 fully saturated rings. The Kier molecular flexibility index (Phi) is 15.0. The van der Waals surface area contributed by atoms with Crippen LogP contribution in [0.4, 0.5) is 0 Å². The number of hydrogen-bond acceptors (Lipinski definition) is 1. The maximum absolute atomic E-state index is 10.6. The minimum Gasteiger partial charge on any atom is -0.481 e. The van der Waals surface area contributed by atoms with Gasteiger partial charge in [0, 0.05) is 6.42 Å². The third-order valence-electron chi connectivity index (χ3n) is 4.18. The molecule has 0 saturated heterocycles. The van der Waals surface area contributed by atoms with Crippen LogP contribution < -0.4 is 0 Å². The average Bonchev–Trinajstić information content (AvgIpc) is 2.46. The Morgan fingerprint density at radius 2 is 1.57 bits per heavy atom. The highest BCUT2D eigenvalue weighted by Crippen LogP contribution is 2.21. The molecule has 1 unspecified atom stereocenters. The van der Waals surface area contributed by atoms with Gasteiger partial charge in [-0.1, -0.05) is 76.9 Å². The van der Waals surface area contributed by atoms with E-state index >= 15 is 0 Å². The van der Waals surface area contributed by atoms with E-state index in [0.29, 0.717) is 12.3 Å². The molecule has 124 valence electrons. The molecular weight excluding hydrogens is 260 g/mol. The summed E-state index contributed by atoms with van der Waals surface area (Å²) in [5, 5.41) is 8.77. The third kappa shape index (κ3) is 15.4. The number of rotatable bonds is 15. The molecule has 1 atom stereocenters. The highest BCUT2D eigenvalue weighted by molar-refractivity contribution is 5.66. The first kappa shape index (κ1) is 20.2. The van der Waals surface area contributed by atoms with Crippen LogP contribution in [0.25, 0.3) is 0 Å². The monoisotopic (exact) mass is 296 g/mol. The van der Waals surface area contributed by atoms with Crippen LogP contribution in [-0.4, -0.2) is 11.1 Å². The van der Waals surface area contributed by atoms with Crippen molar-refractivity contribution in [2.24, 2.45) is 5.92 Å². The van der Waals surface area contributed by atoms with Gasteiger partial charge in [-0.25, -0.2) is 0 Å². The molecule has 1 N–H and O–H groups in total. The van der Waals surface area contributed by atoms with Crippen molar-refractivity contribution in [3.63, 3.8) is 0 Å². The van der Waals surface area contributed by atoms with E-state index in [1.54, 1.807) is 0 Å². The molecule has 0 aromatic rings. The molecule has 0 bridgehead atoms. The lowest BCUT2D eigenvalue weighted by atomic mass is 9.92. The molecular formula is C19H36O2. The van der Waals surface area contributed by atoms with Crippen LogP contribution in [0.5, 0.6) is 0 Å². The molecule has 0 saturated carbocycles. The van der Waals surface area contributed by atoms with Crippen molar-refractivity contribution in [3.8, 4) is 0 Å². The minimum atomic E-state index is -0.644. The van der Waals surface area contributed by atoms with E-state index in [0.717, 1.165) is 6.42 Å². The van der Waals surface area contributed by atoms with Gasteiger partial charge in [-0.2, -0.15) is 0 Å². The topological polar surface area (TPSA) is 37.3 Å². The summed E-state index contributed by atoms with van der Waals surface area (Å²) in [6.07, 6.45) is 19.8. The lowest BCUT2D eigenvalue weighted by molar-refractivity contribution is -0.137. The molecule has 0 rings (SSSR count). The normalized spacial score (nSPS) is 12.9. The smallest absolute Gasteiger partial charge is 0.303 e. The third-order valence-corrected chi connectivity index (χ3v) is 4.18. The summed E-state index contributed by atoms with van der Waals surface area (Å²) in [5.74, 6) is -0.0130. The van der Waals surface area contributed by atoms with Gasteiger partial charge in [0.1, 0.15) is 0 Å². The summed E-state index contributed by atoms with van der Waals surface area (Å²) in [4.78, 5) is 10.6. The van der Waals surface area contributed by atoms with Crippen LogP contribution in [0, 0.1) is 5.92 Å². The van der Waals surface area contributed by atoms with E-state index < -0.39 is 5.97 Å². The van der Waals surface area contributed by atoms with Crippen molar-refractivity contribution < 1.29 is 9.90 Å². The fourth-order valence-electron chi connectivity index (χ4n) is 2.91. The lowest BCUT2D eigenvalue weighted by Crippen LogP contribution is -2.04. The lowest BCUT2D eigenvalue weighted by Gasteiger charge is -2.14. The molecule has 0 aliphatic carbocycles. The van der Waals surface area contributed by atoms with Crippen LogP contribution in [-0.2, 0) is 4.79 Å². The Morgan fingerprint density at radius 1 is 0.952 bits per heavy atom. The SMILES string of the molecule is CC=CCCCCCCCCCC(CCC)CCC(=O)O. The first-order valence-corrected chi connectivity index (χ1v) is 9.03. The Morgan fingerprint density at radius 3 is 2.14 bits per heavy atom. The van der Waals surface area contributed by atoms with E-state index in [1.807, 2.05) is 0 Å². The maximum Gasteiger partial charge on any atom is 0.303 e. The number of carboxylic acids is 1. The number of hydrogen-bond donors (Lipinski definition) is 1. The van der Waals surface area contributed by atoms with Crippen LogP contribution in [0.2, 0.25) is 0 Å². The van der Waals surface area contributed by atoms with Crippen molar-refractivity contribution in [3.05, 3.63) is 12.2 Å². The zero-order valence-electron chi connectivity index (χ0n) is 14.3. The molecule has 0 heterocycles. The van der Waals surface area contributed by atoms with Crippen molar-refractivity contribution in [2.75, 3.05) is 0 Å². The van der Waals surface area contributed by atoms with Crippen LogP contribution in [0.1, 0.15) is 97.3 Å². The van der Waals surface area contributed by atoms with Crippen LogP contribution in [0.15, 0.2) is 12.2 Å². The number of carbonyl (C=O) groups is 1. The highest BCUT2D eigenvalue weighted by atomic mass is 16.4. The molecule has 0 aromatic heterocycles. The number of carboxylic acid groups (broad SMARTS) is 1. The van der Waals surface area contributed by atoms with Gasteiger partial charge in [0.05, 0.1) is 0 Å². The zero-order valence-corrected chi connectivity index (χ0v) is 14.3. The molecule has 0 aliphatic rings. The average molecular weight is 296 g/mol. The Labute approximate surface area is 132 Å². The second-order valence-corrected chi connectivity index (χ2v) is 6.21. The molecule has 0 aliphatic heterocycles. The summed E-state index contributed by atoms with van der Waals surface area (Å²) < 4.78 is 0. The number of aliphatic carboxylic acids is 1. The Balaban J connectivity index is 3.42. The van der Waals surface area contributed by atoms with Gasteiger partial charge < -0.3 is 5.11 Å². The van der Waals surface area contributed by atoms with E-state index in [2.05, 4.69) is 26.0 Å². The van der Waals surface area contributed by atoms with Gasteiger partial charge in [0.25, 0.3) is 0 Å². The van der Waals surface area contributed by atoms with Crippen molar-refractivity contribution >= 4 is 5.97 Å². The first-order chi connectivity index (χ1) is 10.2. The van der Waals surface area contributed by atoms with Crippen molar-refractivity contribution in [1.82, 2.24) is 0 Å². The second-order valence-electron chi connectivity index (χ2n) is 6.21. The quantitative estimate of drug-likeness (QED) is 0.282. The fourth-order valence-corrected chi connectivity index (χ4v) is 2.91. The molecule has 0 aromatic carbocycles. The van der Waals surface area contributed by atoms with Gasteiger partial charge >= 0.3 is 5.97 Å². The summed E-state index contributed by atoms with van der Waals surface area (Å²) in [6, 6.07) is 0. The molecule has 0 amide bonds. The van der Waals surface area contributed by atoms with Gasteiger partial charge in [0.15, 0.2) is 0 Å². The van der Waals surface area contributed by atoms with E-state index in [4.69, 9.17) is 5.11 Å². The molecule has 21 heavy (non-hydrogen) atoms. The summed E-state index contributed by atoms with van der Waals surface area (Å²) in [7, 11) is 0. The van der Waals surface area contributed by atoms with E-state index in [1.165, 1.54) is 70.6 Å². The first-order valence-electron chi connectivity index (χ1n) is 9.03. The van der Waals surface area contributed by atoms with Gasteiger partial charge in [-0.15, -0.1) is 0 Å². The van der Waals surface area contributed by atoms with Crippen LogP contribution >= 0.6 is 0 Å². The van der Waals surface area contributed by atoms with E-state index in [9.17, 15) is 4.79 Å². The summed E-state index contributed by atoms with van der Waals surface area (Å²) in [5.41, 5.74) is 0. The maximum atomic E-state index is 10.6. The largest absolute Gasteiger partial charge is 0.481 e. The minimum absolute atomic E-state index is 0.344. The number of allylic oxidation sites excluding steroid dienone is 2. The summed E-state index contributed by atoms with van der Waals surface area (Å²) in [6.45, 7) is 4.28. The molecule has 2 nitrogen and oxygen atoms in total. The van der Waals surface area contributed by atoms with Crippen LogP contribution in [0.3, 0.4) is 0 Å². The predicted molar refractivity (Wildman–Crippen MR) is 91.6 cm³/mol. The molecule has 2 heteroatoms. The highest BCUT2D eigenvalue weighted by Gasteiger charge is 2.09. The zero-order chi connectivity index (χ0) is 15.8. The molecule has 0 spiro atoms. The Hall–Kier alpha value is -0.790. The predicted octanol–water partition coefficient (Wildman–Crippen LogP) is 6.35. The van der Waals surface area contributed by atoms with Gasteiger partial charge in [-0.3, -0.25) is 4.79 Å². The standard InChI is InChI=1S/C19H36O2/c1-3-5-6-7-8-9-10-11-12-13-15-18(14-4-2)16-17-19(20)21/h3,5,18H,4,6-17H2,1-2H3,(H,20,21). The van der Waals surface area contributed by atoms with Crippen molar-refractivity contribution in [1.29, 1.82) is 0 Å². The van der Waals surface area contributed by atoms with E-state index in [-0.39, 0.29) is 0 Å². The second kappa shape index (κ2) is 15.6. The van der Waals surface area contributed by atoms with Gasteiger partial charge in [0.2, 0.25) is 0 Å².